The predicted molar refractivity (Wildman–Crippen MR) is 92.3 cm³/mol. The highest BCUT2D eigenvalue weighted by molar-refractivity contribution is 6.30. The van der Waals surface area contributed by atoms with Crippen LogP contribution in [0.2, 0.25) is 5.02 Å². The van der Waals surface area contributed by atoms with E-state index in [1.54, 1.807) is 21.9 Å². The smallest absolute Gasteiger partial charge is 0.308 e. The Morgan fingerprint density at radius 3 is 2.44 bits per heavy atom. The summed E-state index contributed by atoms with van der Waals surface area (Å²) in [5.41, 5.74) is 0.866. The van der Waals surface area contributed by atoms with Crippen molar-refractivity contribution in [1.29, 1.82) is 0 Å². The van der Waals surface area contributed by atoms with Crippen molar-refractivity contribution in [2.24, 2.45) is 11.8 Å². The fourth-order valence-electron chi connectivity index (χ4n) is 3.78. The monoisotopic (exact) mass is 364 g/mol. The molecule has 6 nitrogen and oxygen atoms in total. The molecule has 2 saturated heterocycles. The van der Waals surface area contributed by atoms with E-state index in [0.29, 0.717) is 24.7 Å². The molecule has 2 fully saturated rings. The molecule has 0 bridgehead atoms. The van der Waals surface area contributed by atoms with Crippen LogP contribution >= 0.6 is 11.6 Å². The molecule has 1 aromatic rings. The van der Waals surface area contributed by atoms with Crippen molar-refractivity contribution in [2.45, 2.75) is 19.3 Å². The molecule has 1 unspecified atom stereocenters. The number of halogens is 1. The molecule has 2 aliphatic heterocycles. The van der Waals surface area contributed by atoms with Crippen molar-refractivity contribution in [3.8, 4) is 0 Å². The number of benzene rings is 1. The maximum Gasteiger partial charge on any atom is 0.308 e. The lowest BCUT2D eigenvalue weighted by Gasteiger charge is -2.20. The molecular weight excluding hydrogens is 344 g/mol. The van der Waals surface area contributed by atoms with Crippen LogP contribution in [0.25, 0.3) is 0 Å². The molecule has 2 aliphatic rings. The van der Waals surface area contributed by atoms with Gasteiger partial charge >= 0.3 is 5.97 Å². The Morgan fingerprint density at radius 1 is 1.20 bits per heavy atom. The number of carboxylic acids is 1. The van der Waals surface area contributed by atoms with Crippen molar-refractivity contribution < 1.29 is 19.5 Å². The third kappa shape index (κ3) is 3.49. The number of aliphatic carboxylic acids is 1. The van der Waals surface area contributed by atoms with Gasteiger partial charge in [-0.05, 0) is 24.6 Å². The van der Waals surface area contributed by atoms with E-state index < -0.39 is 11.9 Å². The highest BCUT2D eigenvalue weighted by Crippen LogP contribution is 2.35. The third-order valence-corrected chi connectivity index (χ3v) is 5.44. The summed E-state index contributed by atoms with van der Waals surface area (Å²) in [6, 6.07) is 7.09. The summed E-state index contributed by atoms with van der Waals surface area (Å²) >= 11 is 5.91. The molecule has 3 atom stereocenters. The van der Waals surface area contributed by atoms with Crippen LogP contribution in [-0.4, -0.2) is 58.9 Å². The highest BCUT2D eigenvalue weighted by atomic mass is 35.5. The molecule has 25 heavy (non-hydrogen) atoms. The largest absolute Gasteiger partial charge is 0.481 e. The molecule has 134 valence electrons. The summed E-state index contributed by atoms with van der Waals surface area (Å²) in [5, 5.41) is 10.1. The van der Waals surface area contributed by atoms with Gasteiger partial charge in [-0.1, -0.05) is 23.7 Å². The summed E-state index contributed by atoms with van der Waals surface area (Å²) in [4.78, 5) is 39.6. The van der Waals surface area contributed by atoms with E-state index in [2.05, 4.69) is 0 Å². The quantitative estimate of drug-likeness (QED) is 0.884. The minimum atomic E-state index is -0.909. The van der Waals surface area contributed by atoms with Gasteiger partial charge in [-0.3, -0.25) is 14.4 Å². The lowest BCUT2D eigenvalue weighted by molar-refractivity contribution is -0.142. The maximum absolute atomic E-state index is 12.8. The molecule has 7 heteroatoms. The number of hydrogen-bond acceptors (Lipinski definition) is 3. The van der Waals surface area contributed by atoms with Crippen LogP contribution < -0.4 is 0 Å². The van der Waals surface area contributed by atoms with Gasteiger partial charge in [0.05, 0.1) is 11.8 Å². The number of carbonyl (C=O) groups is 3. The molecular formula is C18H21ClN2O4. The Balaban J connectivity index is 1.76. The Kier molecular flexibility index (Phi) is 4.99. The van der Waals surface area contributed by atoms with Gasteiger partial charge in [0.25, 0.3) is 0 Å². The number of carbonyl (C=O) groups excluding carboxylic acids is 2. The number of hydrogen-bond donors (Lipinski definition) is 1. The molecule has 1 aromatic carbocycles. The second kappa shape index (κ2) is 7.04. The Morgan fingerprint density at radius 2 is 1.88 bits per heavy atom. The SMILES string of the molecule is CCN1CC(C(=O)N2C[C@@H](C(=O)O)[C@H](c3ccc(Cl)cc3)C2)CC1=O. The Hall–Kier alpha value is -2.08. The first-order valence-electron chi connectivity index (χ1n) is 8.45. The van der Waals surface area contributed by atoms with Crippen LogP contribution in [0.1, 0.15) is 24.8 Å². The predicted octanol–water partition coefficient (Wildman–Crippen LogP) is 1.83. The number of nitrogens with zero attached hydrogens (tertiary/aromatic N) is 2. The fourth-order valence-corrected chi connectivity index (χ4v) is 3.91. The van der Waals surface area contributed by atoms with Crippen LogP contribution in [0.5, 0.6) is 0 Å². The number of amides is 2. The van der Waals surface area contributed by atoms with Crippen molar-refractivity contribution in [1.82, 2.24) is 9.80 Å². The van der Waals surface area contributed by atoms with Crippen molar-refractivity contribution in [3.05, 3.63) is 34.9 Å². The normalized spacial score (nSPS) is 26.3. The first-order valence-corrected chi connectivity index (χ1v) is 8.83. The van der Waals surface area contributed by atoms with Gasteiger partial charge < -0.3 is 14.9 Å². The second-order valence-corrected chi connectivity index (χ2v) is 7.12. The first kappa shape index (κ1) is 17.7. The zero-order chi connectivity index (χ0) is 18.1. The maximum atomic E-state index is 12.8. The van der Waals surface area contributed by atoms with E-state index in [9.17, 15) is 19.5 Å². The molecule has 1 N–H and O–H groups in total. The van der Waals surface area contributed by atoms with Crippen LogP contribution in [0.4, 0.5) is 0 Å². The lowest BCUT2D eigenvalue weighted by Crippen LogP contribution is -2.36. The minimum absolute atomic E-state index is 0.0101. The van der Waals surface area contributed by atoms with E-state index >= 15 is 0 Å². The zero-order valence-corrected chi connectivity index (χ0v) is 14.8. The third-order valence-electron chi connectivity index (χ3n) is 5.19. The molecule has 0 spiro atoms. The summed E-state index contributed by atoms with van der Waals surface area (Å²) in [6.07, 6.45) is 0.215. The van der Waals surface area contributed by atoms with Gasteiger partial charge in [0.1, 0.15) is 0 Å². The van der Waals surface area contributed by atoms with Crippen LogP contribution in [0.15, 0.2) is 24.3 Å². The first-order chi connectivity index (χ1) is 11.9. The summed E-state index contributed by atoms with van der Waals surface area (Å²) < 4.78 is 0. The summed E-state index contributed by atoms with van der Waals surface area (Å²) in [7, 11) is 0. The Bertz CT molecular complexity index is 691. The van der Waals surface area contributed by atoms with Gasteiger partial charge in [0.2, 0.25) is 11.8 Å². The summed E-state index contributed by atoms with van der Waals surface area (Å²) in [5.74, 6) is -2.32. The average Bonchev–Trinajstić information content (AvgIpc) is 3.19. The fraction of sp³-hybridized carbons (Fsp3) is 0.500. The van der Waals surface area contributed by atoms with Gasteiger partial charge in [0, 0.05) is 43.5 Å². The number of likely N-dealkylation sites (tertiary alicyclic amines) is 2. The van der Waals surface area contributed by atoms with Gasteiger partial charge in [-0.25, -0.2) is 0 Å². The van der Waals surface area contributed by atoms with Crippen LogP contribution in [0.3, 0.4) is 0 Å². The average molecular weight is 365 g/mol. The minimum Gasteiger partial charge on any atom is -0.481 e. The van der Waals surface area contributed by atoms with Crippen molar-refractivity contribution in [3.63, 3.8) is 0 Å². The molecule has 0 aliphatic carbocycles. The van der Waals surface area contributed by atoms with Crippen molar-refractivity contribution in [2.75, 3.05) is 26.2 Å². The van der Waals surface area contributed by atoms with Gasteiger partial charge in [-0.15, -0.1) is 0 Å². The highest BCUT2D eigenvalue weighted by Gasteiger charge is 2.44. The zero-order valence-electron chi connectivity index (χ0n) is 14.0. The van der Waals surface area contributed by atoms with E-state index in [4.69, 9.17) is 11.6 Å². The second-order valence-electron chi connectivity index (χ2n) is 6.68. The van der Waals surface area contributed by atoms with E-state index in [1.807, 2.05) is 19.1 Å². The lowest BCUT2D eigenvalue weighted by atomic mass is 9.89. The van der Waals surface area contributed by atoms with Crippen LogP contribution in [0, 0.1) is 11.8 Å². The number of carboxylic acid groups (broad SMARTS) is 1. The topological polar surface area (TPSA) is 77.9 Å². The van der Waals surface area contributed by atoms with E-state index in [0.717, 1.165) is 5.56 Å². The van der Waals surface area contributed by atoms with Gasteiger partial charge in [0.15, 0.2) is 0 Å². The Labute approximate surface area is 151 Å². The standard InChI is InChI=1S/C18H21ClN2O4/c1-2-20-8-12(7-16(20)22)17(23)21-9-14(15(10-21)18(24)25)11-3-5-13(19)6-4-11/h3-6,12,14-15H,2,7-10H2,1H3,(H,24,25)/t12?,14-,15+/m0/s1. The molecule has 2 heterocycles. The summed E-state index contributed by atoms with van der Waals surface area (Å²) in [6.45, 7) is 3.44. The van der Waals surface area contributed by atoms with Gasteiger partial charge in [-0.2, -0.15) is 0 Å². The van der Waals surface area contributed by atoms with Crippen molar-refractivity contribution >= 4 is 29.4 Å². The molecule has 0 aromatic heterocycles. The molecule has 2 amide bonds. The molecule has 0 radical (unpaired) electrons. The molecule has 3 rings (SSSR count). The van der Waals surface area contributed by atoms with E-state index in [-0.39, 0.29) is 36.6 Å². The van der Waals surface area contributed by atoms with Crippen LogP contribution in [-0.2, 0) is 14.4 Å². The van der Waals surface area contributed by atoms with E-state index in [1.165, 1.54) is 0 Å². The molecule has 0 saturated carbocycles. The number of rotatable bonds is 4.